The lowest BCUT2D eigenvalue weighted by molar-refractivity contribution is -0.141. The molecule has 0 radical (unpaired) electrons. The van der Waals surface area contributed by atoms with Crippen LogP contribution in [0.5, 0.6) is 11.8 Å². The SMILES string of the molecule is COc1cc(OC)nc(N2CCN(C(=O)C3CCCO3)CC2)n1. The molecule has 126 valence electrons. The first-order valence-corrected chi connectivity index (χ1v) is 7.83. The van der Waals surface area contributed by atoms with E-state index in [4.69, 9.17) is 14.2 Å². The van der Waals surface area contributed by atoms with Gasteiger partial charge in [0.25, 0.3) is 5.91 Å². The maximum atomic E-state index is 12.4. The average Bonchev–Trinajstić information content (AvgIpc) is 3.15. The van der Waals surface area contributed by atoms with Crippen LogP contribution in [0.3, 0.4) is 0 Å². The van der Waals surface area contributed by atoms with E-state index in [-0.39, 0.29) is 12.0 Å². The van der Waals surface area contributed by atoms with Gasteiger partial charge in [0, 0.05) is 32.8 Å². The Balaban J connectivity index is 1.63. The molecular weight excluding hydrogens is 300 g/mol. The molecule has 0 N–H and O–H groups in total. The molecule has 1 atom stereocenters. The first kappa shape index (κ1) is 15.8. The van der Waals surface area contributed by atoms with E-state index in [2.05, 4.69) is 9.97 Å². The third kappa shape index (κ3) is 3.47. The highest BCUT2D eigenvalue weighted by Gasteiger charge is 2.31. The Morgan fingerprint density at radius 1 is 1.17 bits per heavy atom. The van der Waals surface area contributed by atoms with Crippen molar-refractivity contribution in [3.63, 3.8) is 0 Å². The van der Waals surface area contributed by atoms with Crippen LogP contribution in [0, 0.1) is 0 Å². The first-order valence-electron chi connectivity index (χ1n) is 7.83. The Morgan fingerprint density at radius 2 is 1.83 bits per heavy atom. The number of nitrogens with zero attached hydrogens (tertiary/aromatic N) is 4. The number of aromatic nitrogens is 2. The number of piperazine rings is 1. The Kier molecular flexibility index (Phi) is 4.80. The molecule has 2 aliphatic heterocycles. The average molecular weight is 322 g/mol. The number of ether oxygens (including phenoxy) is 3. The van der Waals surface area contributed by atoms with Crippen molar-refractivity contribution in [3.8, 4) is 11.8 Å². The fourth-order valence-electron chi connectivity index (χ4n) is 2.85. The fraction of sp³-hybridized carbons (Fsp3) is 0.667. The number of carbonyl (C=O) groups is 1. The Morgan fingerprint density at radius 3 is 2.35 bits per heavy atom. The predicted octanol–water partition coefficient (Wildman–Crippen LogP) is 0.321. The zero-order chi connectivity index (χ0) is 16.2. The molecule has 8 nitrogen and oxygen atoms in total. The molecule has 0 spiro atoms. The molecule has 1 aromatic rings. The van der Waals surface area contributed by atoms with Crippen molar-refractivity contribution in [1.82, 2.24) is 14.9 Å². The summed E-state index contributed by atoms with van der Waals surface area (Å²) in [5.74, 6) is 1.59. The zero-order valence-corrected chi connectivity index (χ0v) is 13.5. The second-order valence-electron chi connectivity index (χ2n) is 5.57. The van der Waals surface area contributed by atoms with Crippen LogP contribution in [0.4, 0.5) is 5.95 Å². The van der Waals surface area contributed by atoms with Gasteiger partial charge in [-0.05, 0) is 12.8 Å². The van der Waals surface area contributed by atoms with Crippen molar-refractivity contribution < 1.29 is 19.0 Å². The number of methoxy groups -OCH3 is 2. The van der Waals surface area contributed by atoms with E-state index >= 15 is 0 Å². The lowest BCUT2D eigenvalue weighted by atomic mass is 10.2. The van der Waals surface area contributed by atoms with Gasteiger partial charge in [0.15, 0.2) is 0 Å². The minimum Gasteiger partial charge on any atom is -0.481 e. The van der Waals surface area contributed by atoms with E-state index < -0.39 is 0 Å². The van der Waals surface area contributed by atoms with Gasteiger partial charge in [-0.15, -0.1) is 0 Å². The lowest BCUT2D eigenvalue weighted by Gasteiger charge is -2.35. The summed E-state index contributed by atoms with van der Waals surface area (Å²) in [5.41, 5.74) is 0. The highest BCUT2D eigenvalue weighted by molar-refractivity contribution is 5.81. The monoisotopic (exact) mass is 322 g/mol. The van der Waals surface area contributed by atoms with Crippen LogP contribution in [0.15, 0.2) is 6.07 Å². The van der Waals surface area contributed by atoms with Crippen LogP contribution in [-0.4, -0.2) is 73.9 Å². The molecule has 1 unspecified atom stereocenters. The molecule has 2 saturated heterocycles. The molecule has 2 fully saturated rings. The van der Waals surface area contributed by atoms with E-state index in [0.717, 1.165) is 12.8 Å². The highest BCUT2D eigenvalue weighted by Crippen LogP contribution is 2.22. The molecule has 0 aliphatic carbocycles. The largest absolute Gasteiger partial charge is 0.481 e. The van der Waals surface area contributed by atoms with Gasteiger partial charge in [-0.25, -0.2) is 0 Å². The lowest BCUT2D eigenvalue weighted by Crippen LogP contribution is -2.51. The molecule has 0 saturated carbocycles. The molecule has 0 bridgehead atoms. The molecule has 1 amide bonds. The molecule has 3 rings (SSSR count). The second-order valence-corrected chi connectivity index (χ2v) is 5.57. The van der Waals surface area contributed by atoms with Crippen molar-refractivity contribution >= 4 is 11.9 Å². The van der Waals surface area contributed by atoms with Crippen molar-refractivity contribution in [3.05, 3.63) is 6.07 Å². The van der Waals surface area contributed by atoms with Crippen molar-refractivity contribution in [1.29, 1.82) is 0 Å². The number of hydrogen-bond acceptors (Lipinski definition) is 7. The topological polar surface area (TPSA) is 77.0 Å². The molecule has 23 heavy (non-hydrogen) atoms. The summed E-state index contributed by atoms with van der Waals surface area (Å²) in [4.78, 5) is 25.0. The number of amides is 1. The predicted molar refractivity (Wildman–Crippen MR) is 82.9 cm³/mol. The van der Waals surface area contributed by atoms with Gasteiger partial charge in [0.2, 0.25) is 17.7 Å². The van der Waals surface area contributed by atoms with Crippen molar-refractivity contribution in [2.45, 2.75) is 18.9 Å². The Bertz CT molecular complexity index is 532. The number of anilines is 1. The summed E-state index contributed by atoms with van der Waals surface area (Å²) in [5, 5.41) is 0. The Hall–Kier alpha value is -2.09. The normalized spacial score (nSPS) is 21.4. The number of rotatable bonds is 4. The quantitative estimate of drug-likeness (QED) is 0.790. The van der Waals surface area contributed by atoms with E-state index in [1.165, 1.54) is 0 Å². The van der Waals surface area contributed by atoms with Gasteiger partial charge < -0.3 is 24.0 Å². The van der Waals surface area contributed by atoms with Gasteiger partial charge in [-0.2, -0.15) is 9.97 Å². The molecule has 0 aromatic carbocycles. The zero-order valence-electron chi connectivity index (χ0n) is 13.5. The molecular formula is C15H22N4O4. The first-order chi connectivity index (χ1) is 11.2. The summed E-state index contributed by atoms with van der Waals surface area (Å²) < 4.78 is 15.8. The second kappa shape index (κ2) is 6.99. The maximum absolute atomic E-state index is 12.4. The van der Waals surface area contributed by atoms with Gasteiger partial charge in [-0.1, -0.05) is 0 Å². The highest BCUT2D eigenvalue weighted by atomic mass is 16.5. The van der Waals surface area contributed by atoms with Crippen LogP contribution in [0.25, 0.3) is 0 Å². The van der Waals surface area contributed by atoms with Crippen LogP contribution in [0.2, 0.25) is 0 Å². The number of hydrogen-bond donors (Lipinski definition) is 0. The summed E-state index contributed by atoms with van der Waals surface area (Å²) in [6.45, 7) is 3.32. The van der Waals surface area contributed by atoms with Crippen LogP contribution < -0.4 is 14.4 Å². The van der Waals surface area contributed by atoms with Crippen LogP contribution >= 0.6 is 0 Å². The number of carbonyl (C=O) groups excluding carboxylic acids is 1. The Labute approximate surface area is 135 Å². The fourth-order valence-corrected chi connectivity index (χ4v) is 2.85. The maximum Gasteiger partial charge on any atom is 0.251 e. The van der Waals surface area contributed by atoms with Crippen LogP contribution in [0.1, 0.15) is 12.8 Å². The molecule has 2 aliphatic rings. The van der Waals surface area contributed by atoms with Gasteiger partial charge in [-0.3, -0.25) is 4.79 Å². The van der Waals surface area contributed by atoms with E-state index in [9.17, 15) is 4.79 Å². The van der Waals surface area contributed by atoms with E-state index in [1.54, 1.807) is 20.3 Å². The molecule has 1 aromatic heterocycles. The van der Waals surface area contributed by atoms with E-state index in [1.807, 2.05) is 9.80 Å². The summed E-state index contributed by atoms with van der Waals surface area (Å²) in [6.07, 6.45) is 1.54. The van der Waals surface area contributed by atoms with Crippen molar-refractivity contribution in [2.24, 2.45) is 0 Å². The van der Waals surface area contributed by atoms with Gasteiger partial charge >= 0.3 is 0 Å². The molecule has 3 heterocycles. The minimum atomic E-state index is -0.255. The standard InChI is InChI=1S/C15H22N4O4/c1-21-12-10-13(22-2)17-15(16-12)19-7-5-18(6-8-19)14(20)11-4-3-9-23-11/h10-11H,3-9H2,1-2H3. The van der Waals surface area contributed by atoms with Crippen molar-refractivity contribution in [2.75, 3.05) is 51.9 Å². The summed E-state index contributed by atoms with van der Waals surface area (Å²) in [6, 6.07) is 1.64. The van der Waals surface area contributed by atoms with Gasteiger partial charge in [0.05, 0.1) is 20.3 Å². The van der Waals surface area contributed by atoms with Gasteiger partial charge in [0.1, 0.15) is 6.10 Å². The smallest absolute Gasteiger partial charge is 0.251 e. The van der Waals surface area contributed by atoms with Crippen LogP contribution in [-0.2, 0) is 9.53 Å². The third-order valence-corrected chi connectivity index (χ3v) is 4.16. The minimum absolute atomic E-state index is 0.103. The van der Waals surface area contributed by atoms with E-state index in [0.29, 0.717) is 50.5 Å². The summed E-state index contributed by atoms with van der Waals surface area (Å²) >= 11 is 0. The third-order valence-electron chi connectivity index (χ3n) is 4.16. The molecule has 8 heteroatoms. The summed E-state index contributed by atoms with van der Waals surface area (Å²) in [7, 11) is 3.12.